The molecule has 0 aromatic heterocycles. The van der Waals surface area contributed by atoms with Crippen LogP contribution >= 0.6 is 0 Å². The molecule has 1 aliphatic rings. The fourth-order valence-electron chi connectivity index (χ4n) is 1.24. The molecule has 0 atom stereocenters. The number of ketones is 2. The third-order valence-corrected chi connectivity index (χ3v) is 1.84. The van der Waals surface area contributed by atoms with Crippen LogP contribution in [-0.2, 0) is 0 Å². The normalized spacial score (nSPS) is 13.2. The van der Waals surface area contributed by atoms with Gasteiger partial charge in [0.25, 0.3) is 0 Å². The summed E-state index contributed by atoms with van der Waals surface area (Å²) in [5, 5.41) is 8.06. The fraction of sp³-hybridized carbons (Fsp3) is 0.231. The maximum absolute atomic E-state index is 11.2. The first-order chi connectivity index (χ1) is 7.52. The van der Waals surface area contributed by atoms with E-state index < -0.39 is 0 Å². The second-order valence-corrected chi connectivity index (χ2v) is 3.70. The molecule has 0 bridgehead atoms. The van der Waals surface area contributed by atoms with Crippen molar-refractivity contribution in [2.75, 3.05) is 0 Å². The summed E-state index contributed by atoms with van der Waals surface area (Å²) in [6.45, 7) is 3.44. The van der Waals surface area contributed by atoms with Crippen molar-refractivity contribution >= 4 is 11.6 Å². The van der Waals surface area contributed by atoms with Crippen LogP contribution in [0.5, 0.6) is 0 Å². The zero-order valence-electron chi connectivity index (χ0n) is 9.31. The van der Waals surface area contributed by atoms with Crippen molar-refractivity contribution in [3.63, 3.8) is 0 Å². The molecule has 1 aromatic rings. The Morgan fingerprint density at radius 1 is 0.938 bits per heavy atom. The van der Waals surface area contributed by atoms with Gasteiger partial charge < -0.3 is 5.11 Å². The highest BCUT2D eigenvalue weighted by Crippen LogP contribution is 2.15. The van der Waals surface area contributed by atoms with Crippen LogP contribution in [-0.4, -0.2) is 22.8 Å². The van der Waals surface area contributed by atoms with E-state index in [1.54, 1.807) is 38.1 Å². The second kappa shape index (κ2) is 5.37. The van der Waals surface area contributed by atoms with Gasteiger partial charge in [0.2, 0.25) is 0 Å². The lowest BCUT2D eigenvalue weighted by Gasteiger charge is -2.06. The molecule has 0 spiro atoms. The van der Waals surface area contributed by atoms with Crippen molar-refractivity contribution in [3.05, 3.63) is 47.5 Å². The molecule has 84 valence electrons. The largest absolute Gasteiger partial charge is 0.394 e. The summed E-state index contributed by atoms with van der Waals surface area (Å²) in [5.41, 5.74) is 1.01. The minimum absolute atomic E-state index is 0.0924. The van der Waals surface area contributed by atoms with E-state index in [2.05, 4.69) is 0 Å². The smallest absolute Gasteiger partial charge is 0.186 e. The Hall–Kier alpha value is -1.74. The minimum Gasteiger partial charge on any atom is -0.394 e. The summed E-state index contributed by atoms with van der Waals surface area (Å²) in [6, 6.07) is 6.84. The van der Waals surface area contributed by atoms with Crippen molar-refractivity contribution < 1.29 is 14.7 Å². The van der Waals surface area contributed by atoms with E-state index in [1.807, 2.05) is 0 Å². The van der Waals surface area contributed by atoms with Crippen molar-refractivity contribution in [1.82, 2.24) is 0 Å². The monoisotopic (exact) mass is 218 g/mol. The van der Waals surface area contributed by atoms with Crippen molar-refractivity contribution in [2.45, 2.75) is 20.0 Å². The van der Waals surface area contributed by atoms with Gasteiger partial charge in [-0.1, -0.05) is 24.3 Å². The van der Waals surface area contributed by atoms with Gasteiger partial charge in [0.1, 0.15) is 0 Å². The van der Waals surface area contributed by atoms with Crippen LogP contribution in [0.2, 0.25) is 0 Å². The van der Waals surface area contributed by atoms with Crippen molar-refractivity contribution in [2.24, 2.45) is 0 Å². The van der Waals surface area contributed by atoms with Crippen LogP contribution in [0.15, 0.2) is 36.4 Å². The molecule has 1 N–H and O–H groups in total. The van der Waals surface area contributed by atoms with E-state index in [4.69, 9.17) is 5.11 Å². The summed E-state index contributed by atoms with van der Waals surface area (Å²) in [4.78, 5) is 22.4. The van der Waals surface area contributed by atoms with E-state index in [0.29, 0.717) is 11.1 Å². The van der Waals surface area contributed by atoms with Gasteiger partial charge >= 0.3 is 0 Å². The average molecular weight is 218 g/mol. The maximum atomic E-state index is 11.2. The van der Waals surface area contributed by atoms with Gasteiger partial charge in [-0.15, -0.1) is 0 Å². The maximum Gasteiger partial charge on any atom is 0.186 e. The Morgan fingerprint density at radius 3 is 1.56 bits per heavy atom. The summed E-state index contributed by atoms with van der Waals surface area (Å²) < 4.78 is 0. The third-order valence-electron chi connectivity index (χ3n) is 1.84. The van der Waals surface area contributed by atoms with Crippen molar-refractivity contribution in [1.29, 1.82) is 0 Å². The summed E-state index contributed by atoms with van der Waals surface area (Å²) in [7, 11) is 0. The molecule has 1 aliphatic carbocycles. The zero-order valence-corrected chi connectivity index (χ0v) is 9.31. The molecule has 0 aliphatic heterocycles. The van der Waals surface area contributed by atoms with Gasteiger partial charge in [-0.2, -0.15) is 0 Å². The predicted molar refractivity (Wildman–Crippen MR) is 61.6 cm³/mol. The molecular formula is C13H14O3. The Morgan fingerprint density at radius 2 is 1.25 bits per heavy atom. The number of aliphatic hydroxyl groups is 1. The molecule has 0 unspecified atom stereocenters. The van der Waals surface area contributed by atoms with E-state index in [0.717, 1.165) is 0 Å². The highest BCUT2D eigenvalue weighted by Gasteiger charge is 2.16. The molecule has 2 rings (SSSR count). The third kappa shape index (κ3) is 3.14. The molecular weight excluding hydrogens is 204 g/mol. The number of carbonyl (C=O) groups is 2. The molecule has 3 nitrogen and oxygen atoms in total. The SMILES string of the molecule is CC(C)O.O=C1C=CC(=O)c2ccccc21. The highest BCUT2D eigenvalue weighted by molar-refractivity contribution is 6.21. The number of hydrogen-bond acceptors (Lipinski definition) is 3. The number of allylic oxidation sites excluding steroid dienone is 2. The van der Waals surface area contributed by atoms with Gasteiger partial charge in [0.05, 0.1) is 0 Å². The number of fused-ring (bicyclic) bond motifs is 1. The number of hydrogen-bond donors (Lipinski definition) is 1. The van der Waals surface area contributed by atoms with E-state index in [1.165, 1.54) is 12.2 Å². The first-order valence-electron chi connectivity index (χ1n) is 5.06. The quantitative estimate of drug-likeness (QED) is 0.724. The summed E-state index contributed by atoms with van der Waals surface area (Å²) in [6.07, 6.45) is 2.45. The minimum atomic E-state index is -0.167. The molecule has 0 saturated heterocycles. The molecule has 0 amide bonds. The van der Waals surface area contributed by atoms with E-state index in [-0.39, 0.29) is 17.7 Å². The van der Waals surface area contributed by atoms with Crippen LogP contribution in [0.25, 0.3) is 0 Å². The molecule has 0 heterocycles. The molecule has 3 heteroatoms. The number of aliphatic hydroxyl groups excluding tert-OH is 1. The van der Waals surface area contributed by atoms with E-state index >= 15 is 0 Å². The zero-order chi connectivity index (χ0) is 12.1. The van der Waals surface area contributed by atoms with Gasteiger partial charge in [-0.05, 0) is 26.0 Å². The molecule has 0 radical (unpaired) electrons. The lowest BCUT2D eigenvalue weighted by molar-refractivity contribution is 0.0994. The summed E-state index contributed by atoms with van der Waals surface area (Å²) in [5.74, 6) is -0.185. The Kier molecular flexibility index (Phi) is 4.14. The van der Waals surface area contributed by atoms with Crippen LogP contribution < -0.4 is 0 Å². The van der Waals surface area contributed by atoms with Crippen LogP contribution in [0.4, 0.5) is 0 Å². The van der Waals surface area contributed by atoms with Crippen LogP contribution in [0, 0.1) is 0 Å². The number of carbonyl (C=O) groups excluding carboxylic acids is 2. The lowest BCUT2D eigenvalue weighted by Crippen LogP contribution is -2.10. The average Bonchev–Trinajstić information content (AvgIpc) is 2.23. The van der Waals surface area contributed by atoms with Crippen molar-refractivity contribution in [3.8, 4) is 0 Å². The van der Waals surface area contributed by atoms with E-state index in [9.17, 15) is 9.59 Å². The first-order valence-corrected chi connectivity index (χ1v) is 5.06. The lowest BCUT2D eigenvalue weighted by atomic mass is 9.95. The predicted octanol–water partition coefficient (Wildman–Crippen LogP) is 2.01. The molecule has 0 fully saturated rings. The molecule has 0 saturated carbocycles. The molecule has 16 heavy (non-hydrogen) atoms. The standard InChI is InChI=1S/C10H6O2.C3H8O/c11-9-5-6-10(12)8-4-2-1-3-7(8)9;1-3(2)4/h1-6H;3-4H,1-2H3. The van der Waals surface area contributed by atoms with Gasteiger partial charge in [-0.25, -0.2) is 0 Å². The first kappa shape index (κ1) is 12.3. The summed E-state index contributed by atoms with van der Waals surface area (Å²) >= 11 is 0. The topological polar surface area (TPSA) is 54.4 Å². The Labute approximate surface area is 94.4 Å². The van der Waals surface area contributed by atoms with Crippen LogP contribution in [0.3, 0.4) is 0 Å². The van der Waals surface area contributed by atoms with Gasteiger partial charge in [-0.3, -0.25) is 9.59 Å². The van der Waals surface area contributed by atoms with Gasteiger partial charge in [0, 0.05) is 17.2 Å². The highest BCUT2D eigenvalue weighted by atomic mass is 16.3. The Bertz CT molecular complexity index is 391. The van der Waals surface area contributed by atoms with Crippen LogP contribution in [0.1, 0.15) is 34.6 Å². The van der Waals surface area contributed by atoms with Gasteiger partial charge in [0.15, 0.2) is 11.6 Å². The molecule has 1 aromatic carbocycles. The number of rotatable bonds is 0. The number of benzene rings is 1. The second-order valence-electron chi connectivity index (χ2n) is 3.70. The fourth-order valence-corrected chi connectivity index (χ4v) is 1.24. The Balaban J connectivity index is 0.000000280.